The molecule has 1 aliphatic heterocycles. The maximum absolute atomic E-state index is 12.7. The van der Waals surface area contributed by atoms with E-state index in [1.54, 1.807) is 37.1 Å². The van der Waals surface area contributed by atoms with Crippen LogP contribution in [0.15, 0.2) is 42.5 Å². The highest BCUT2D eigenvalue weighted by molar-refractivity contribution is 5.97. The molecule has 5 heteroatoms. The van der Waals surface area contributed by atoms with Gasteiger partial charge in [-0.3, -0.25) is 4.79 Å². The Kier molecular flexibility index (Phi) is 3.90. The molecule has 0 bridgehead atoms. The van der Waals surface area contributed by atoms with Gasteiger partial charge in [0.2, 0.25) is 0 Å². The predicted molar refractivity (Wildman–Crippen MR) is 85.4 cm³/mol. The van der Waals surface area contributed by atoms with Crippen LogP contribution in [0.1, 0.15) is 18.1 Å². The number of carbonyl (C=O) groups is 1. The number of fused-ring (bicyclic) bond motifs is 1. The number of carbonyl (C=O) groups excluding carboxylic acids is 1. The van der Waals surface area contributed by atoms with Gasteiger partial charge in [0.15, 0.2) is 17.6 Å². The average Bonchev–Trinajstić information content (AvgIpc) is 2.72. The van der Waals surface area contributed by atoms with Gasteiger partial charge in [0, 0.05) is 11.3 Å². The Hall–Kier alpha value is -3.00. The summed E-state index contributed by atoms with van der Waals surface area (Å²) in [5, 5.41) is 9.07. The van der Waals surface area contributed by atoms with Gasteiger partial charge in [0.25, 0.3) is 5.91 Å². The highest BCUT2D eigenvalue weighted by Gasteiger charge is 2.30. The molecular weight excluding hydrogens is 292 g/mol. The Labute approximate surface area is 134 Å². The molecule has 5 nitrogen and oxygen atoms in total. The van der Waals surface area contributed by atoms with Gasteiger partial charge in [-0.1, -0.05) is 18.2 Å². The van der Waals surface area contributed by atoms with E-state index in [0.29, 0.717) is 29.3 Å². The van der Waals surface area contributed by atoms with Gasteiger partial charge < -0.3 is 14.4 Å². The van der Waals surface area contributed by atoms with Crippen LogP contribution in [0.5, 0.6) is 11.5 Å². The number of hydrogen-bond acceptors (Lipinski definition) is 4. The molecule has 116 valence electrons. The molecule has 1 heterocycles. The molecule has 0 unspecified atom stereocenters. The van der Waals surface area contributed by atoms with Gasteiger partial charge in [-0.15, -0.1) is 0 Å². The second-order valence-corrected chi connectivity index (χ2v) is 5.30. The monoisotopic (exact) mass is 308 g/mol. The number of para-hydroxylation sites is 1. The van der Waals surface area contributed by atoms with Crippen molar-refractivity contribution in [1.29, 1.82) is 5.26 Å². The minimum absolute atomic E-state index is 0.154. The lowest BCUT2D eigenvalue weighted by molar-refractivity contribution is -0.124. The van der Waals surface area contributed by atoms with Crippen molar-refractivity contribution in [3.05, 3.63) is 53.6 Å². The van der Waals surface area contributed by atoms with Crippen molar-refractivity contribution >= 4 is 11.6 Å². The molecule has 0 N–H and O–H groups in total. The molecule has 3 rings (SSSR count). The zero-order valence-corrected chi connectivity index (χ0v) is 12.9. The number of nitrogens with zero attached hydrogens (tertiary/aromatic N) is 2. The van der Waals surface area contributed by atoms with E-state index >= 15 is 0 Å². The molecular formula is C18H16N2O3. The van der Waals surface area contributed by atoms with Gasteiger partial charge in [-0.25, -0.2) is 0 Å². The van der Waals surface area contributed by atoms with Crippen LogP contribution >= 0.6 is 0 Å². The Morgan fingerprint density at radius 2 is 2.09 bits per heavy atom. The number of rotatable bonds is 2. The lowest BCUT2D eigenvalue weighted by Gasteiger charge is -2.22. The fourth-order valence-corrected chi connectivity index (χ4v) is 2.64. The van der Waals surface area contributed by atoms with Crippen LogP contribution in [-0.4, -0.2) is 19.1 Å². The minimum atomic E-state index is -0.640. The third-order valence-corrected chi connectivity index (χ3v) is 3.80. The van der Waals surface area contributed by atoms with Crippen LogP contribution in [0.2, 0.25) is 0 Å². The number of nitriles is 1. The lowest BCUT2D eigenvalue weighted by atomic mass is 10.1. The molecule has 1 amide bonds. The number of ether oxygens (including phenoxy) is 2. The summed E-state index contributed by atoms with van der Waals surface area (Å²) in [7, 11) is 1.57. The maximum Gasteiger partial charge on any atom is 0.268 e. The second-order valence-electron chi connectivity index (χ2n) is 5.30. The minimum Gasteiger partial charge on any atom is -0.493 e. The quantitative estimate of drug-likeness (QED) is 0.856. The topological polar surface area (TPSA) is 62.6 Å². The third-order valence-electron chi connectivity index (χ3n) is 3.80. The fraction of sp³-hybridized carbons (Fsp3) is 0.222. The number of anilines is 1. The molecule has 0 spiro atoms. The molecule has 2 aromatic rings. The van der Waals surface area contributed by atoms with Gasteiger partial charge in [0.05, 0.1) is 25.3 Å². The predicted octanol–water partition coefficient (Wildman–Crippen LogP) is 2.88. The van der Waals surface area contributed by atoms with Crippen molar-refractivity contribution in [1.82, 2.24) is 0 Å². The standard InChI is InChI=1S/C18H16N2O3/c1-12-18(21)20(15-7-3-5-13(9-15)10-19)11-14-6-4-8-16(22-2)17(14)23-12/h3-9,12H,11H2,1-2H3/t12-/m1/s1. The highest BCUT2D eigenvalue weighted by atomic mass is 16.5. The van der Waals surface area contributed by atoms with E-state index in [4.69, 9.17) is 14.7 Å². The SMILES string of the molecule is COc1cccc2c1O[C@H](C)C(=O)N(c1cccc(C#N)c1)C2. The van der Waals surface area contributed by atoms with Crippen molar-refractivity contribution in [3.63, 3.8) is 0 Å². The van der Waals surface area contributed by atoms with E-state index in [0.717, 1.165) is 5.56 Å². The second kappa shape index (κ2) is 6.01. The molecule has 0 aromatic heterocycles. The summed E-state index contributed by atoms with van der Waals surface area (Å²) in [6.07, 6.45) is -0.640. The Morgan fingerprint density at radius 1 is 1.30 bits per heavy atom. The zero-order chi connectivity index (χ0) is 16.4. The van der Waals surface area contributed by atoms with Crippen molar-refractivity contribution in [2.45, 2.75) is 19.6 Å². The summed E-state index contributed by atoms with van der Waals surface area (Å²) in [4.78, 5) is 14.3. The summed E-state index contributed by atoms with van der Waals surface area (Å²) in [6.45, 7) is 2.08. The van der Waals surface area contributed by atoms with Crippen LogP contribution in [0, 0.1) is 11.3 Å². The van der Waals surface area contributed by atoms with E-state index in [2.05, 4.69) is 6.07 Å². The van der Waals surface area contributed by atoms with Gasteiger partial charge in [-0.2, -0.15) is 5.26 Å². The molecule has 2 aromatic carbocycles. The molecule has 1 atom stereocenters. The van der Waals surface area contributed by atoms with Crippen molar-refractivity contribution < 1.29 is 14.3 Å². The average molecular weight is 308 g/mol. The molecule has 0 saturated carbocycles. The number of hydrogen-bond donors (Lipinski definition) is 0. The normalized spacial score (nSPS) is 16.8. The summed E-state index contributed by atoms with van der Waals surface area (Å²) < 4.78 is 11.1. The summed E-state index contributed by atoms with van der Waals surface area (Å²) in [6, 6.07) is 14.7. The number of methoxy groups -OCH3 is 1. The van der Waals surface area contributed by atoms with Gasteiger partial charge >= 0.3 is 0 Å². The number of amides is 1. The first-order chi connectivity index (χ1) is 11.1. The first-order valence-corrected chi connectivity index (χ1v) is 7.28. The van der Waals surface area contributed by atoms with Crippen molar-refractivity contribution in [2.75, 3.05) is 12.0 Å². The Balaban J connectivity index is 2.07. The van der Waals surface area contributed by atoms with Gasteiger partial charge in [0.1, 0.15) is 0 Å². The van der Waals surface area contributed by atoms with Crippen molar-refractivity contribution in [3.8, 4) is 17.6 Å². The van der Waals surface area contributed by atoms with E-state index in [1.807, 2.05) is 24.3 Å². The highest BCUT2D eigenvalue weighted by Crippen LogP contribution is 2.36. The first-order valence-electron chi connectivity index (χ1n) is 7.28. The zero-order valence-electron chi connectivity index (χ0n) is 12.9. The molecule has 1 aliphatic rings. The fourth-order valence-electron chi connectivity index (χ4n) is 2.64. The smallest absolute Gasteiger partial charge is 0.268 e. The molecule has 0 radical (unpaired) electrons. The molecule has 0 aliphatic carbocycles. The van der Waals surface area contributed by atoms with Crippen LogP contribution in [0.4, 0.5) is 5.69 Å². The van der Waals surface area contributed by atoms with E-state index in [1.165, 1.54) is 0 Å². The van der Waals surface area contributed by atoms with Gasteiger partial charge in [-0.05, 0) is 31.2 Å². The molecule has 23 heavy (non-hydrogen) atoms. The molecule has 0 saturated heterocycles. The Bertz CT molecular complexity index is 795. The number of benzene rings is 2. The van der Waals surface area contributed by atoms with Crippen LogP contribution in [0.25, 0.3) is 0 Å². The van der Waals surface area contributed by atoms with Crippen LogP contribution < -0.4 is 14.4 Å². The molecule has 0 fully saturated rings. The first kappa shape index (κ1) is 14.9. The van der Waals surface area contributed by atoms with Crippen LogP contribution in [-0.2, 0) is 11.3 Å². The maximum atomic E-state index is 12.7. The largest absolute Gasteiger partial charge is 0.493 e. The summed E-state index contributed by atoms with van der Waals surface area (Å²) >= 11 is 0. The lowest BCUT2D eigenvalue weighted by Crippen LogP contribution is -2.38. The van der Waals surface area contributed by atoms with E-state index < -0.39 is 6.10 Å². The summed E-state index contributed by atoms with van der Waals surface area (Å²) in [5.41, 5.74) is 2.06. The summed E-state index contributed by atoms with van der Waals surface area (Å²) in [5.74, 6) is 1.04. The Morgan fingerprint density at radius 3 is 2.83 bits per heavy atom. The van der Waals surface area contributed by atoms with E-state index in [9.17, 15) is 4.79 Å². The van der Waals surface area contributed by atoms with Crippen LogP contribution in [0.3, 0.4) is 0 Å². The third kappa shape index (κ3) is 2.71. The van der Waals surface area contributed by atoms with E-state index in [-0.39, 0.29) is 5.91 Å². The van der Waals surface area contributed by atoms with Crippen molar-refractivity contribution in [2.24, 2.45) is 0 Å².